The molecule has 0 aromatic heterocycles. The predicted octanol–water partition coefficient (Wildman–Crippen LogP) is 3.32. The van der Waals surface area contributed by atoms with E-state index in [9.17, 15) is 4.79 Å². The number of alkyl halides is 1. The molecule has 0 N–H and O–H groups in total. The molecule has 0 saturated heterocycles. The van der Waals surface area contributed by atoms with Gasteiger partial charge in [-0.15, -0.1) is 11.6 Å². The lowest BCUT2D eigenvalue weighted by atomic mass is 9.83. The van der Waals surface area contributed by atoms with Gasteiger partial charge in [-0.05, 0) is 16.3 Å². The maximum absolute atomic E-state index is 11.4. The molecule has 0 fully saturated rings. The maximum atomic E-state index is 11.4. The number of ketones is 1. The van der Waals surface area contributed by atoms with Crippen LogP contribution >= 0.6 is 11.6 Å². The van der Waals surface area contributed by atoms with Crippen molar-refractivity contribution in [1.29, 1.82) is 0 Å². The van der Waals surface area contributed by atoms with Crippen LogP contribution in [-0.4, -0.2) is 5.78 Å². The van der Waals surface area contributed by atoms with Crippen LogP contribution in [0.4, 0.5) is 0 Å². The second kappa shape index (κ2) is 2.58. The molecule has 1 aliphatic carbocycles. The van der Waals surface area contributed by atoms with E-state index in [2.05, 4.69) is 0 Å². The predicted molar refractivity (Wildman–Crippen MR) is 56.9 cm³/mol. The van der Waals surface area contributed by atoms with Crippen molar-refractivity contribution in [3.05, 3.63) is 47.5 Å². The van der Waals surface area contributed by atoms with E-state index in [1.54, 1.807) is 0 Å². The van der Waals surface area contributed by atoms with E-state index in [0.717, 1.165) is 21.9 Å². The van der Waals surface area contributed by atoms with Crippen molar-refractivity contribution in [2.24, 2.45) is 0 Å². The third-order valence-electron chi connectivity index (χ3n) is 2.72. The monoisotopic (exact) mass is 202 g/mol. The molecule has 0 heterocycles. The van der Waals surface area contributed by atoms with Gasteiger partial charge in [-0.3, -0.25) is 4.79 Å². The largest absolute Gasteiger partial charge is 0.292 e. The minimum absolute atomic E-state index is 0.0485. The number of carbonyl (C=O) groups is 1. The highest BCUT2D eigenvalue weighted by atomic mass is 35.5. The van der Waals surface area contributed by atoms with Gasteiger partial charge in [-0.2, -0.15) is 0 Å². The van der Waals surface area contributed by atoms with Crippen molar-refractivity contribution in [2.45, 2.75) is 5.38 Å². The van der Waals surface area contributed by atoms with Crippen LogP contribution in [0, 0.1) is 0 Å². The normalized spacial score (nSPS) is 19.2. The Labute approximate surface area is 86.3 Å². The Kier molecular flexibility index (Phi) is 1.48. The quantitative estimate of drug-likeness (QED) is 0.599. The van der Waals surface area contributed by atoms with Gasteiger partial charge < -0.3 is 0 Å². The summed E-state index contributed by atoms with van der Waals surface area (Å²) in [7, 11) is 0. The number of benzene rings is 2. The number of hydrogen-bond acceptors (Lipinski definition) is 1. The van der Waals surface area contributed by atoms with Gasteiger partial charge in [0, 0.05) is 5.56 Å². The molecule has 1 aliphatic rings. The fourth-order valence-electron chi connectivity index (χ4n) is 1.97. The van der Waals surface area contributed by atoms with Gasteiger partial charge in [0.05, 0.1) is 0 Å². The lowest BCUT2D eigenvalue weighted by Crippen LogP contribution is -2.22. The van der Waals surface area contributed by atoms with Gasteiger partial charge in [0.25, 0.3) is 0 Å². The highest BCUT2D eigenvalue weighted by Crippen LogP contribution is 2.42. The molecular formula is C12H7ClO. The number of carbonyl (C=O) groups excluding carboxylic acids is 1. The lowest BCUT2D eigenvalue weighted by Gasteiger charge is -2.24. The summed E-state index contributed by atoms with van der Waals surface area (Å²) in [6.07, 6.45) is 0. The zero-order chi connectivity index (χ0) is 9.71. The van der Waals surface area contributed by atoms with Crippen molar-refractivity contribution in [3.8, 4) is 0 Å². The minimum atomic E-state index is -0.434. The van der Waals surface area contributed by atoms with Crippen LogP contribution in [0.2, 0.25) is 0 Å². The highest BCUT2D eigenvalue weighted by Gasteiger charge is 2.35. The second-order valence-electron chi connectivity index (χ2n) is 3.47. The third-order valence-corrected chi connectivity index (χ3v) is 3.14. The first-order valence-corrected chi connectivity index (χ1v) is 4.92. The van der Waals surface area contributed by atoms with Gasteiger partial charge >= 0.3 is 0 Å². The Morgan fingerprint density at radius 3 is 2.71 bits per heavy atom. The Morgan fingerprint density at radius 2 is 1.86 bits per heavy atom. The molecule has 1 atom stereocenters. The summed E-state index contributed by atoms with van der Waals surface area (Å²) in [6, 6.07) is 11.8. The maximum Gasteiger partial charge on any atom is 0.185 e. The van der Waals surface area contributed by atoms with Crippen LogP contribution in [0.15, 0.2) is 36.4 Å². The zero-order valence-electron chi connectivity index (χ0n) is 7.33. The Hall–Kier alpha value is -1.34. The highest BCUT2D eigenvalue weighted by molar-refractivity contribution is 6.40. The van der Waals surface area contributed by atoms with Crippen LogP contribution in [0.3, 0.4) is 0 Å². The van der Waals surface area contributed by atoms with Gasteiger partial charge in [-0.1, -0.05) is 36.4 Å². The van der Waals surface area contributed by atoms with Crippen LogP contribution in [0.25, 0.3) is 10.8 Å². The Balaban J connectivity index is 2.44. The number of hydrogen-bond donors (Lipinski definition) is 0. The summed E-state index contributed by atoms with van der Waals surface area (Å²) < 4.78 is 0. The average molecular weight is 203 g/mol. The first-order chi connectivity index (χ1) is 6.79. The van der Waals surface area contributed by atoms with Gasteiger partial charge in [0.1, 0.15) is 5.38 Å². The molecule has 0 saturated carbocycles. The van der Waals surface area contributed by atoms with Crippen molar-refractivity contribution in [1.82, 2.24) is 0 Å². The summed E-state index contributed by atoms with van der Waals surface area (Å²) >= 11 is 5.96. The Bertz CT molecular complexity index is 545. The van der Waals surface area contributed by atoms with Crippen LogP contribution in [0.1, 0.15) is 21.3 Å². The molecule has 2 heteroatoms. The van der Waals surface area contributed by atoms with Crippen molar-refractivity contribution in [2.75, 3.05) is 0 Å². The molecule has 0 radical (unpaired) electrons. The second-order valence-corrected chi connectivity index (χ2v) is 3.91. The molecule has 0 bridgehead atoms. The standard InChI is InChI=1S/C12H7ClO/c13-11-10-8-4-2-1-3-7(8)5-6-9(10)12(11)14/h1-6,11H. The number of rotatable bonds is 0. The van der Waals surface area contributed by atoms with E-state index in [1.807, 2.05) is 36.4 Å². The summed E-state index contributed by atoms with van der Waals surface area (Å²) in [5, 5.41) is 1.81. The van der Waals surface area contributed by atoms with Crippen molar-refractivity contribution < 1.29 is 4.79 Å². The van der Waals surface area contributed by atoms with E-state index in [0.29, 0.717) is 0 Å². The average Bonchev–Trinajstić information content (AvgIpc) is 2.26. The summed E-state index contributed by atoms with van der Waals surface area (Å²) in [4.78, 5) is 11.4. The van der Waals surface area contributed by atoms with E-state index in [-0.39, 0.29) is 5.78 Å². The van der Waals surface area contributed by atoms with Crippen LogP contribution < -0.4 is 0 Å². The van der Waals surface area contributed by atoms with E-state index in [4.69, 9.17) is 11.6 Å². The molecule has 14 heavy (non-hydrogen) atoms. The van der Waals surface area contributed by atoms with Crippen LogP contribution in [0.5, 0.6) is 0 Å². The zero-order valence-corrected chi connectivity index (χ0v) is 8.08. The molecule has 0 amide bonds. The van der Waals surface area contributed by atoms with Gasteiger partial charge in [0.15, 0.2) is 5.78 Å². The topological polar surface area (TPSA) is 17.1 Å². The molecule has 0 spiro atoms. The van der Waals surface area contributed by atoms with Crippen LogP contribution in [-0.2, 0) is 0 Å². The molecule has 68 valence electrons. The molecule has 2 aromatic carbocycles. The summed E-state index contributed by atoms with van der Waals surface area (Å²) in [5.41, 5.74) is 1.78. The van der Waals surface area contributed by atoms with E-state index >= 15 is 0 Å². The van der Waals surface area contributed by atoms with Gasteiger partial charge in [-0.25, -0.2) is 0 Å². The molecule has 1 unspecified atom stereocenters. The smallest absolute Gasteiger partial charge is 0.185 e. The van der Waals surface area contributed by atoms with E-state index in [1.165, 1.54) is 0 Å². The molecule has 2 aromatic rings. The SMILES string of the molecule is O=C1c2ccc3ccccc3c2C1Cl. The summed E-state index contributed by atoms with van der Waals surface area (Å²) in [5.74, 6) is 0.0485. The first kappa shape index (κ1) is 8.01. The number of fused-ring (bicyclic) bond motifs is 3. The van der Waals surface area contributed by atoms with E-state index < -0.39 is 5.38 Å². The molecule has 1 nitrogen and oxygen atoms in total. The molecule has 3 rings (SSSR count). The number of halogens is 1. The van der Waals surface area contributed by atoms with Crippen molar-refractivity contribution in [3.63, 3.8) is 0 Å². The lowest BCUT2D eigenvalue weighted by molar-refractivity contribution is 0.0962. The Morgan fingerprint density at radius 1 is 1.07 bits per heavy atom. The van der Waals surface area contributed by atoms with Gasteiger partial charge in [0.2, 0.25) is 0 Å². The van der Waals surface area contributed by atoms with Crippen molar-refractivity contribution >= 4 is 28.2 Å². The fourth-order valence-corrected chi connectivity index (χ4v) is 2.33. The summed E-state index contributed by atoms with van der Waals surface area (Å²) in [6.45, 7) is 0. The minimum Gasteiger partial charge on any atom is -0.292 e. The molecule has 0 aliphatic heterocycles. The fraction of sp³-hybridized carbons (Fsp3) is 0.0833. The third kappa shape index (κ3) is 0.828. The first-order valence-electron chi connectivity index (χ1n) is 4.49. The number of Topliss-reactive ketones (excluding diaryl/α,β-unsaturated/α-hetero) is 1. The molecular weight excluding hydrogens is 196 g/mol.